The van der Waals surface area contributed by atoms with Crippen molar-refractivity contribution >= 4 is 5.69 Å². The van der Waals surface area contributed by atoms with Gasteiger partial charge in [-0.3, -0.25) is 0 Å². The van der Waals surface area contributed by atoms with E-state index in [1.165, 1.54) is 12.1 Å². The zero-order valence-corrected chi connectivity index (χ0v) is 10.1. The standard InChI is InChI=1S/C12H15FN4/c1-7(2)11-15-12(17(3)16-11)9-6-8(14)4-5-10(9)13/h4-7H,14H2,1-3H3. The first-order valence-corrected chi connectivity index (χ1v) is 5.45. The number of hydrogen-bond donors (Lipinski definition) is 1. The van der Waals surface area contributed by atoms with Gasteiger partial charge in [-0.1, -0.05) is 13.8 Å². The average molecular weight is 234 g/mol. The number of nitrogen functional groups attached to an aromatic ring is 1. The van der Waals surface area contributed by atoms with Crippen molar-refractivity contribution in [3.63, 3.8) is 0 Å². The molecule has 0 aliphatic carbocycles. The smallest absolute Gasteiger partial charge is 0.161 e. The zero-order chi connectivity index (χ0) is 12.6. The van der Waals surface area contributed by atoms with E-state index in [0.29, 0.717) is 22.9 Å². The number of nitrogens with zero attached hydrogens (tertiary/aromatic N) is 3. The van der Waals surface area contributed by atoms with E-state index < -0.39 is 0 Å². The minimum absolute atomic E-state index is 0.207. The number of benzene rings is 1. The summed E-state index contributed by atoms with van der Waals surface area (Å²) in [6.07, 6.45) is 0. The molecule has 2 N–H and O–H groups in total. The number of halogens is 1. The van der Waals surface area contributed by atoms with Gasteiger partial charge in [0.1, 0.15) is 5.82 Å². The monoisotopic (exact) mass is 234 g/mol. The summed E-state index contributed by atoms with van der Waals surface area (Å²) in [5, 5.41) is 4.26. The molecule has 0 fully saturated rings. The van der Waals surface area contributed by atoms with Crippen LogP contribution < -0.4 is 5.73 Å². The molecule has 1 heterocycles. The maximum Gasteiger partial charge on any atom is 0.161 e. The molecular formula is C12H15FN4. The normalized spacial score (nSPS) is 11.1. The summed E-state index contributed by atoms with van der Waals surface area (Å²) in [5.41, 5.74) is 6.55. The molecular weight excluding hydrogens is 219 g/mol. The van der Waals surface area contributed by atoms with Gasteiger partial charge in [-0.2, -0.15) is 5.10 Å². The van der Waals surface area contributed by atoms with Gasteiger partial charge in [0, 0.05) is 18.7 Å². The van der Waals surface area contributed by atoms with Gasteiger partial charge >= 0.3 is 0 Å². The summed E-state index contributed by atoms with van der Waals surface area (Å²) in [6.45, 7) is 3.99. The van der Waals surface area contributed by atoms with Crippen LogP contribution in [0.4, 0.5) is 10.1 Å². The number of rotatable bonds is 2. The van der Waals surface area contributed by atoms with Gasteiger partial charge in [0.2, 0.25) is 0 Å². The lowest BCUT2D eigenvalue weighted by molar-refractivity contribution is 0.627. The van der Waals surface area contributed by atoms with Gasteiger partial charge in [-0.05, 0) is 18.2 Å². The van der Waals surface area contributed by atoms with Gasteiger partial charge in [-0.25, -0.2) is 14.1 Å². The molecule has 0 aliphatic heterocycles. The molecule has 0 aliphatic rings. The lowest BCUT2D eigenvalue weighted by Crippen LogP contribution is -1.98. The first kappa shape index (κ1) is 11.6. The molecule has 17 heavy (non-hydrogen) atoms. The van der Waals surface area contributed by atoms with Crippen LogP contribution in [0.3, 0.4) is 0 Å². The number of aryl methyl sites for hydroxylation is 1. The van der Waals surface area contributed by atoms with Crippen molar-refractivity contribution in [2.75, 3.05) is 5.73 Å². The van der Waals surface area contributed by atoms with Gasteiger partial charge in [0.25, 0.3) is 0 Å². The molecule has 5 heteroatoms. The van der Waals surface area contributed by atoms with Crippen molar-refractivity contribution in [3.05, 3.63) is 29.8 Å². The van der Waals surface area contributed by atoms with Crippen molar-refractivity contribution in [2.45, 2.75) is 19.8 Å². The lowest BCUT2D eigenvalue weighted by Gasteiger charge is -2.02. The molecule has 0 radical (unpaired) electrons. The molecule has 1 aromatic heterocycles. The Bertz CT molecular complexity index is 545. The quantitative estimate of drug-likeness (QED) is 0.811. The van der Waals surface area contributed by atoms with Gasteiger partial charge in [0.05, 0.1) is 5.56 Å². The van der Waals surface area contributed by atoms with Crippen LogP contribution in [0.1, 0.15) is 25.6 Å². The van der Waals surface area contributed by atoms with E-state index in [1.54, 1.807) is 17.8 Å². The molecule has 0 atom stereocenters. The SMILES string of the molecule is CC(C)c1nc(-c2cc(N)ccc2F)n(C)n1. The van der Waals surface area contributed by atoms with E-state index in [4.69, 9.17) is 5.73 Å². The van der Waals surface area contributed by atoms with E-state index in [9.17, 15) is 4.39 Å². The topological polar surface area (TPSA) is 56.7 Å². The second kappa shape index (κ2) is 4.16. The number of nitrogens with two attached hydrogens (primary N) is 1. The van der Waals surface area contributed by atoms with E-state index in [0.717, 1.165) is 0 Å². The summed E-state index contributed by atoms with van der Waals surface area (Å²) in [4.78, 5) is 4.34. The molecule has 0 unspecified atom stereocenters. The number of hydrogen-bond acceptors (Lipinski definition) is 3. The fraction of sp³-hybridized carbons (Fsp3) is 0.333. The summed E-state index contributed by atoms with van der Waals surface area (Å²) < 4.78 is 15.3. The highest BCUT2D eigenvalue weighted by molar-refractivity contribution is 5.62. The van der Waals surface area contributed by atoms with Crippen LogP contribution in [-0.2, 0) is 7.05 Å². The molecule has 2 rings (SSSR count). The van der Waals surface area contributed by atoms with E-state index >= 15 is 0 Å². The van der Waals surface area contributed by atoms with Gasteiger partial charge < -0.3 is 5.73 Å². The fourth-order valence-electron chi connectivity index (χ4n) is 1.60. The first-order valence-electron chi connectivity index (χ1n) is 5.45. The molecule has 0 spiro atoms. The Morgan fingerprint density at radius 2 is 2.06 bits per heavy atom. The molecule has 4 nitrogen and oxygen atoms in total. The Morgan fingerprint density at radius 1 is 1.35 bits per heavy atom. The maximum atomic E-state index is 13.7. The molecule has 1 aromatic carbocycles. The Hall–Kier alpha value is -1.91. The predicted octanol–water partition coefficient (Wildman–Crippen LogP) is 2.33. The van der Waals surface area contributed by atoms with Crippen LogP contribution in [-0.4, -0.2) is 14.8 Å². The van der Waals surface area contributed by atoms with Gasteiger partial charge in [0.15, 0.2) is 11.6 Å². The molecule has 0 saturated heterocycles. The van der Waals surface area contributed by atoms with Crippen molar-refractivity contribution in [3.8, 4) is 11.4 Å². The maximum absolute atomic E-state index is 13.7. The Balaban J connectivity index is 2.56. The van der Waals surface area contributed by atoms with Crippen molar-refractivity contribution in [1.82, 2.24) is 14.8 Å². The van der Waals surface area contributed by atoms with Crippen LogP contribution in [0.2, 0.25) is 0 Å². The van der Waals surface area contributed by atoms with E-state index in [2.05, 4.69) is 10.1 Å². The molecule has 2 aromatic rings. The molecule has 0 saturated carbocycles. The van der Waals surface area contributed by atoms with Crippen molar-refractivity contribution in [1.29, 1.82) is 0 Å². The van der Waals surface area contributed by atoms with E-state index in [1.807, 2.05) is 13.8 Å². The summed E-state index contributed by atoms with van der Waals surface area (Å²) in [6, 6.07) is 4.44. The van der Waals surface area contributed by atoms with Crippen LogP contribution in [0.25, 0.3) is 11.4 Å². The van der Waals surface area contributed by atoms with Crippen LogP contribution in [0.5, 0.6) is 0 Å². The molecule has 0 amide bonds. The Morgan fingerprint density at radius 3 is 2.65 bits per heavy atom. The Labute approximate surface area is 99.3 Å². The highest BCUT2D eigenvalue weighted by Gasteiger charge is 2.15. The number of anilines is 1. The molecule has 0 bridgehead atoms. The molecule has 90 valence electrons. The van der Waals surface area contributed by atoms with Crippen molar-refractivity contribution in [2.24, 2.45) is 7.05 Å². The van der Waals surface area contributed by atoms with Crippen LogP contribution in [0.15, 0.2) is 18.2 Å². The van der Waals surface area contributed by atoms with Crippen LogP contribution >= 0.6 is 0 Å². The zero-order valence-electron chi connectivity index (χ0n) is 10.1. The number of aromatic nitrogens is 3. The average Bonchev–Trinajstić information content (AvgIpc) is 2.64. The second-order valence-electron chi connectivity index (χ2n) is 4.31. The second-order valence-corrected chi connectivity index (χ2v) is 4.31. The largest absolute Gasteiger partial charge is 0.399 e. The lowest BCUT2D eigenvalue weighted by atomic mass is 10.1. The third kappa shape index (κ3) is 2.13. The summed E-state index contributed by atoms with van der Waals surface area (Å²) in [7, 11) is 1.75. The third-order valence-corrected chi connectivity index (χ3v) is 2.53. The minimum atomic E-state index is -0.343. The third-order valence-electron chi connectivity index (χ3n) is 2.53. The fourth-order valence-corrected chi connectivity index (χ4v) is 1.60. The summed E-state index contributed by atoms with van der Waals surface area (Å²) in [5.74, 6) is 1.06. The first-order chi connectivity index (χ1) is 7.99. The van der Waals surface area contributed by atoms with Crippen molar-refractivity contribution < 1.29 is 4.39 Å². The highest BCUT2D eigenvalue weighted by Crippen LogP contribution is 2.24. The predicted molar refractivity (Wildman–Crippen MR) is 64.9 cm³/mol. The van der Waals surface area contributed by atoms with Crippen LogP contribution in [0, 0.1) is 5.82 Å². The summed E-state index contributed by atoms with van der Waals surface area (Å²) >= 11 is 0. The Kier molecular flexibility index (Phi) is 2.83. The highest BCUT2D eigenvalue weighted by atomic mass is 19.1. The minimum Gasteiger partial charge on any atom is -0.399 e. The van der Waals surface area contributed by atoms with Gasteiger partial charge in [-0.15, -0.1) is 0 Å². The van der Waals surface area contributed by atoms with E-state index in [-0.39, 0.29) is 11.7 Å².